The highest BCUT2D eigenvalue weighted by Gasteiger charge is 2.39. The Balaban J connectivity index is 2.70. The molecular formula is C5H12N2O2. The highest BCUT2D eigenvalue weighted by molar-refractivity contribution is 4.73. The molecule has 54 valence electrons. The van der Waals surface area contributed by atoms with Crippen molar-refractivity contribution in [1.82, 2.24) is 9.80 Å². The van der Waals surface area contributed by atoms with Gasteiger partial charge in [-0.1, -0.05) is 0 Å². The first-order valence-electron chi connectivity index (χ1n) is 3.31. The highest BCUT2D eigenvalue weighted by Crippen LogP contribution is 2.15. The van der Waals surface area contributed by atoms with E-state index in [9.17, 15) is 5.11 Å². The summed E-state index contributed by atoms with van der Waals surface area (Å²) in [5.74, 6) is 0. The summed E-state index contributed by atoms with van der Waals surface area (Å²) in [5, 5.41) is 13.7. The molecule has 0 aromatic carbocycles. The lowest BCUT2D eigenvalue weighted by molar-refractivity contribution is -0.306. The Bertz CT molecular complexity index is 123. The molecule has 1 rings (SSSR count). The van der Waals surface area contributed by atoms with Crippen LogP contribution in [0.5, 0.6) is 0 Å². The van der Waals surface area contributed by atoms with Crippen molar-refractivity contribution in [2.75, 3.05) is 27.2 Å². The zero-order valence-electron chi connectivity index (χ0n) is 6.66. The average Bonchev–Trinajstić information content (AvgIpc) is 2.18. The maximum absolute atomic E-state index is 9.48. The molecule has 1 saturated heterocycles. The number of hydrogen-bond donors (Lipinski definition) is 2. The van der Waals surface area contributed by atoms with Crippen LogP contribution in [0.15, 0.2) is 0 Å². The van der Waals surface area contributed by atoms with Crippen molar-refractivity contribution >= 4 is 0 Å². The summed E-state index contributed by atoms with van der Waals surface area (Å²) < 4.78 is 6.62. The standard InChI is InChI=1S/C5H12N2O2/c1-6-3-4-7(2)5(6,8)9/h8-9H,3-4H2,1-2H3/i8D. The zero-order valence-corrected chi connectivity index (χ0v) is 5.66. The van der Waals surface area contributed by atoms with Crippen LogP contribution in [0.2, 0.25) is 0 Å². The van der Waals surface area contributed by atoms with Crippen LogP contribution < -0.4 is 0 Å². The molecule has 4 heteroatoms. The van der Waals surface area contributed by atoms with Gasteiger partial charge in [0.25, 0.3) is 6.03 Å². The molecule has 0 aliphatic carbocycles. The minimum atomic E-state index is -1.51. The molecule has 0 aromatic heterocycles. The lowest BCUT2D eigenvalue weighted by Crippen LogP contribution is -2.50. The lowest BCUT2D eigenvalue weighted by Gasteiger charge is -2.28. The summed E-state index contributed by atoms with van der Waals surface area (Å²) in [5.41, 5.74) is 0. The molecule has 0 saturated carbocycles. The molecule has 0 amide bonds. The molecule has 1 fully saturated rings. The monoisotopic (exact) mass is 133 g/mol. The molecule has 0 atom stereocenters. The molecule has 9 heavy (non-hydrogen) atoms. The topological polar surface area (TPSA) is 46.9 Å². The van der Waals surface area contributed by atoms with Crippen LogP contribution in [-0.4, -0.2) is 54.7 Å². The summed E-state index contributed by atoms with van der Waals surface area (Å²) in [7, 11) is 3.41. The smallest absolute Gasteiger partial charge is 0.291 e. The number of rotatable bonds is 1. The lowest BCUT2D eigenvalue weighted by atomic mass is 10.6. The van der Waals surface area contributed by atoms with Gasteiger partial charge in [-0.2, -0.15) is 0 Å². The third-order valence-electron chi connectivity index (χ3n) is 1.77. The van der Waals surface area contributed by atoms with Gasteiger partial charge in [0.05, 0.1) is 0 Å². The molecule has 0 radical (unpaired) electrons. The van der Waals surface area contributed by atoms with Gasteiger partial charge in [0, 0.05) is 13.1 Å². The molecule has 0 spiro atoms. The van der Waals surface area contributed by atoms with Gasteiger partial charge in [0.1, 0.15) is 0 Å². The van der Waals surface area contributed by atoms with E-state index in [4.69, 9.17) is 1.43 Å². The Kier molecular flexibility index (Phi) is 1.19. The Morgan fingerprint density at radius 2 is 1.89 bits per heavy atom. The van der Waals surface area contributed by atoms with Gasteiger partial charge < -0.3 is 10.2 Å². The minimum Gasteiger partial charge on any atom is -0.340 e. The Morgan fingerprint density at radius 1 is 1.44 bits per heavy atom. The second kappa shape index (κ2) is 1.91. The third kappa shape index (κ3) is 0.943. The normalized spacial score (nSPS) is 30.8. The first-order chi connectivity index (χ1) is 4.61. The van der Waals surface area contributed by atoms with Gasteiger partial charge in [-0.3, -0.25) is 0 Å². The van der Waals surface area contributed by atoms with E-state index < -0.39 is 6.03 Å². The molecule has 0 unspecified atom stereocenters. The molecular weight excluding hydrogens is 120 g/mol. The van der Waals surface area contributed by atoms with Crippen molar-refractivity contribution in [3.63, 3.8) is 0 Å². The quantitative estimate of drug-likeness (QED) is 0.426. The van der Waals surface area contributed by atoms with E-state index in [2.05, 4.69) is 5.11 Å². The molecule has 2 N–H and O–H groups in total. The predicted molar refractivity (Wildman–Crippen MR) is 32.4 cm³/mol. The highest BCUT2D eigenvalue weighted by atomic mass is 16.6. The number of likely N-dealkylation sites (N-methyl/N-ethyl adjacent to an activating group) is 2. The van der Waals surface area contributed by atoms with Crippen molar-refractivity contribution in [3.05, 3.63) is 0 Å². The van der Waals surface area contributed by atoms with E-state index in [1.807, 2.05) is 0 Å². The summed E-state index contributed by atoms with van der Waals surface area (Å²) in [4.78, 5) is 3.14. The van der Waals surface area contributed by atoms with Gasteiger partial charge in [0.15, 0.2) is 0 Å². The maximum atomic E-state index is 9.48. The Morgan fingerprint density at radius 3 is 2.11 bits per heavy atom. The average molecular weight is 133 g/mol. The van der Waals surface area contributed by atoms with Crippen molar-refractivity contribution in [2.24, 2.45) is 0 Å². The third-order valence-corrected chi connectivity index (χ3v) is 1.77. The van der Waals surface area contributed by atoms with Gasteiger partial charge in [0.2, 0.25) is 1.43 Å². The SMILES string of the molecule is [2H]OC1(O)N(C)CCN1C. The maximum Gasteiger partial charge on any atom is 0.291 e. The second-order valence-electron chi connectivity index (χ2n) is 2.42. The zero-order chi connectivity index (χ0) is 7.78. The van der Waals surface area contributed by atoms with Crippen molar-refractivity contribution in [2.45, 2.75) is 6.03 Å². The van der Waals surface area contributed by atoms with E-state index in [1.165, 1.54) is 0 Å². The molecule has 0 bridgehead atoms. The van der Waals surface area contributed by atoms with Gasteiger partial charge in [-0.05, 0) is 14.1 Å². The summed E-state index contributed by atoms with van der Waals surface area (Å²) in [6, 6.07) is -1.51. The Labute approximate surface area is 55.8 Å². The predicted octanol–water partition coefficient (Wildman–Crippen LogP) is -1.54. The van der Waals surface area contributed by atoms with Gasteiger partial charge in [-0.25, -0.2) is 9.80 Å². The van der Waals surface area contributed by atoms with Crippen molar-refractivity contribution < 1.29 is 10.2 Å². The first-order valence-corrected chi connectivity index (χ1v) is 2.90. The van der Waals surface area contributed by atoms with E-state index in [1.54, 1.807) is 23.9 Å². The number of aliphatic hydroxyl groups is 2. The summed E-state index contributed by atoms with van der Waals surface area (Å²) >= 11 is 0. The van der Waals surface area contributed by atoms with Crippen LogP contribution in [0.1, 0.15) is 0 Å². The van der Waals surface area contributed by atoms with Crippen molar-refractivity contribution in [3.8, 4) is 0 Å². The van der Waals surface area contributed by atoms with Crippen LogP contribution in [-0.2, 0) is 0 Å². The molecule has 1 aliphatic heterocycles. The second-order valence-corrected chi connectivity index (χ2v) is 2.42. The molecule has 1 aliphatic rings. The summed E-state index contributed by atoms with van der Waals surface area (Å²) in [6.07, 6.45) is 0. The number of nitrogens with zero attached hydrogens (tertiary/aromatic N) is 2. The van der Waals surface area contributed by atoms with E-state index in [0.717, 1.165) is 0 Å². The summed E-state index contributed by atoms with van der Waals surface area (Å²) in [6.45, 7) is 1.43. The Hall–Kier alpha value is -0.160. The first kappa shape index (κ1) is 5.61. The van der Waals surface area contributed by atoms with E-state index >= 15 is 0 Å². The minimum absolute atomic E-state index is 0.714. The van der Waals surface area contributed by atoms with Crippen LogP contribution in [0.4, 0.5) is 0 Å². The fourth-order valence-electron chi connectivity index (χ4n) is 0.883. The fraction of sp³-hybridized carbons (Fsp3) is 1.00. The largest absolute Gasteiger partial charge is 0.340 e. The van der Waals surface area contributed by atoms with Gasteiger partial charge >= 0.3 is 0 Å². The number of hydrogen-bond acceptors (Lipinski definition) is 4. The van der Waals surface area contributed by atoms with E-state index in [-0.39, 0.29) is 0 Å². The van der Waals surface area contributed by atoms with Crippen molar-refractivity contribution in [1.29, 1.82) is 1.43 Å². The van der Waals surface area contributed by atoms with Gasteiger partial charge in [-0.15, -0.1) is 0 Å². The van der Waals surface area contributed by atoms with Crippen LogP contribution in [0.3, 0.4) is 0 Å². The van der Waals surface area contributed by atoms with Crippen LogP contribution in [0.25, 0.3) is 0 Å². The van der Waals surface area contributed by atoms with Crippen LogP contribution >= 0.6 is 0 Å². The van der Waals surface area contributed by atoms with E-state index in [0.29, 0.717) is 13.1 Å². The molecule has 4 nitrogen and oxygen atoms in total. The fourth-order valence-corrected chi connectivity index (χ4v) is 0.883. The van der Waals surface area contributed by atoms with Crippen LogP contribution in [0, 0.1) is 0 Å². The molecule has 0 aromatic rings. The molecule has 1 heterocycles.